The fourth-order valence-corrected chi connectivity index (χ4v) is 4.33. The van der Waals surface area contributed by atoms with E-state index < -0.39 is 22.0 Å². The monoisotopic (exact) mass is 442 g/mol. The Morgan fingerprint density at radius 1 is 1.14 bits per heavy atom. The molecule has 1 aromatic carbocycles. The molecule has 1 unspecified atom stereocenters. The first-order valence-electron chi connectivity index (χ1n) is 9.70. The van der Waals surface area contributed by atoms with E-state index in [1.165, 1.54) is 18.7 Å². The maximum Gasteiger partial charge on any atom is 0.242 e. The minimum Gasteiger partial charge on any atom is -0.368 e. The van der Waals surface area contributed by atoms with Crippen molar-refractivity contribution in [1.82, 2.24) is 14.9 Å². The number of benzene rings is 1. The first-order valence-corrected chi connectivity index (χ1v) is 12.8. The predicted molar refractivity (Wildman–Crippen MR) is 118 cm³/mol. The Kier molecular flexibility index (Phi) is 9.25. The van der Waals surface area contributed by atoms with E-state index in [2.05, 4.69) is 14.9 Å². The van der Waals surface area contributed by atoms with E-state index in [0.717, 1.165) is 18.8 Å². The lowest BCUT2D eigenvalue weighted by Crippen LogP contribution is -2.53. The number of sulfonamides is 1. The zero-order valence-corrected chi connectivity index (χ0v) is 18.6. The number of para-hydroxylation sites is 1. The number of carbonyl (C=O) groups excluding carboxylic acids is 2. The summed E-state index contributed by atoms with van der Waals surface area (Å²) in [5.41, 5.74) is 1.13. The third-order valence-corrected chi connectivity index (χ3v) is 6.84. The smallest absolute Gasteiger partial charge is 0.242 e. The maximum atomic E-state index is 12.5. The number of hydrogen-bond acceptors (Lipinski definition) is 6. The first-order chi connectivity index (χ1) is 13.9. The molecule has 2 N–H and O–H groups in total. The quantitative estimate of drug-likeness (QED) is 0.548. The zero-order chi connectivity index (χ0) is 21.3. The molecule has 0 saturated carbocycles. The molecular formula is C19H30N4O4S2. The molecule has 162 valence electrons. The van der Waals surface area contributed by atoms with Gasteiger partial charge in [0.05, 0.1) is 12.3 Å². The van der Waals surface area contributed by atoms with Gasteiger partial charge in [-0.3, -0.25) is 9.59 Å². The van der Waals surface area contributed by atoms with Gasteiger partial charge in [0.2, 0.25) is 21.8 Å². The molecule has 8 nitrogen and oxygen atoms in total. The second kappa shape index (κ2) is 11.4. The van der Waals surface area contributed by atoms with E-state index in [-0.39, 0.29) is 18.2 Å². The van der Waals surface area contributed by atoms with Crippen LogP contribution in [0.25, 0.3) is 0 Å². The summed E-state index contributed by atoms with van der Waals surface area (Å²) in [4.78, 5) is 28.9. The summed E-state index contributed by atoms with van der Waals surface area (Å²) in [5, 5.41) is 2.60. The highest BCUT2D eigenvalue weighted by molar-refractivity contribution is 7.98. The third kappa shape index (κ3) is 7.52. The van der Waals surface area contributed by atoms with Crippen LogP contribution in [0.2, 0.25) is 0 Å². The normalized spacial score (nSPS) is 15.8. The van der Waals surface area contributed by atoms with Crippen LogP contribution < -0.4 is 14.9 Å². The number of piperazine rings is 1. The number of nitrogens with one attached hydrogen (secondary N) is 2. The van der Waals surface area contributed by atoms with Gasteiger partial charge < -0.3 is 15.1 Å². The average Bonchev–Trinajstić information content (AvgIpc) is 2.75. The second-order valence-electron chi connectivity index (χ2n) is 6.78. The SMILES string of the molecule is CCS(=O)(=O)NC(CCSC)C(=O)NCC(=O)N1CCN(c2ccccc2)CC1. The Labute approximate surface area is 177 Å². The van der Waals surface area contributed by atoms with E-state index in [1.807, 2.05) is 36.6 Å². The molecule has 1 fully saturated rings. The van der Waals surface area contributed by atoms with Crippen LogP contribution in [0.4, 0.5) is 5.69 Å². The fraction of sp³-hybridized carbons (Fsp3) is 0.579. The van der Waals surface area contributed by atoms with Gasteiger partial charge in [-0.2, -0.15) is 11.8 Å². The number of nitrogens with zero attached hydrogens (tertiary/aromatic N) is 2. The summed E-state index contributed by atoms with van der Waals surface area (Å²) < 4.78 is 26.1. The molecule has 1 heterocycles. The van der Waals surface area contributed by atoms with Crippen molar-refractivity contribution in [2.24, 2.45) is 0 Å². The van der Waals surface area contributed by atoms with Crippen LogP contribution in [0.3, 0.4) is 0 Å². The fourth-order valence-electron chi connectivity index (χ4n) is 3.03. The Morgan fingerprint density at radius 3 is 2.38 bits per heavy atom. The molecule has 1 aromatic rings. The van der Waals surface area contributed by atoms with Gasteiger partial charge in [0.15, 0.2) is 0 Å². The molecule has 1 aliphatic rings. The van der Waals surface area contributed by atoms with E-state index in [0.29, 0.717) is 25.3 Å². The van der Waals surface area contributed by atoms with E-state index in [4.69, 9.17) is 0 Å². The van der Waals surface area contributed by atoms with E-state index >= 15 is 0 Å². The molecule has 1 saturated heterocycles. The van der Waals surface area contributed by atoms with Gasteiger partial charge in [-0.1, -0.05) is 18.2 Å². The molecule has 10 heteroatoms. The van der Waals surface area contributed by atoms with Gasteiger partial charge in [-0.25, -0.2) is 13.1 Å². The Hall–Kier alpha value is -1.78. The van der Waals surface area contributed by atoms with Crippen LogP contribution in [0, 0.1) is 0 Å². The van der Waals surface area contributed by atoms with Gasteiger partial charge in [0.25, 0.3) is 0 Å². The molecule has 29 heavy (non-hydrogen) atoms. The molecule has 0 spiro atoms. The van der Waals surface area contributed by atoms with Crippen molar-refractivity contribution in [2.75, 3.05) is 55.4 Å². The van der Waals surface area contributed by atoms with Gasteiger partial charge in [-0.05, 0) is 37.5 Å². The van der Waals surface area contributed by atoms with Gasteiger partial charge >= 0.3 is 0 Å². The number of thioether (sulfide) groups is 1. The topological polar surface area (TPSA) is 98.8 Å². The van der Waals surface area contributed by atoms with Crippen LogP contribution in [0.1, 0.15) is 13.3 Å². The summed E-state index contributed by atoms with van der Waals surface area (Å²) in [6.07, 6.45) is 2.26. The van der Waals surface area contributed by atoms with Crippen molar-refractivity contribution in [3.8, 4) is 0 Å². The number of carbonyl (C=O) groups is 2. The molecule has 0 radical (unpaired) electrons. The molecule has 2 rings (SSSR count). The summed E-state index contributed by atoms with van der Waals surface area (Å²) in [6, 6.07) is 9.17. The van der Waals surface area contributed by atoms with Crippen molar-refractivity contribution in [3.63, 3.8) is 0 Å². The molecule has 1 atom stereocenters. The lowest BCUT2D eigenvalue weighted by atomic mass is 10.2. The Balaban J connectivity index is 1.83. The van der Waals surface area contributed by atoms with E-state index in [1.54, 1.807) is 4.90 Å². The predicted octanol–water partition coefficient (Wildman–Crippen LogP) is 0.512. The molecule has 2 amide bonds. The first kappa shape index (κ1) is 23.5. The minimum atomic E-state index is -3.51. The molecule has 0 bridgehead atoms. The van der Waals surface area contributed by atoms with Gasteiger partial charge in [0, 0.05) is 31.9 Å². The third-order valence-electron chi connectivity index (χ3n) is 4.80. The average molecular weight is 443 g/mol. The lowest BCUT2D eigenvalue weighted by molar-refractivity contribution is -0.133. The number of anilines is 1. The van der Waals surface area contributed by atoms with Crippen LogP contribution in [0.5, 0.6) is 0 Å². The van der Waals surface area contributed by atoms with Gasteiger partial charge in [-0.15, -0.1) is 0 Å². The standard InChI is InChI=1S/C19H30N4O4S2/c1-3-29(26,27)21-17(9-14-28-2)19(25)20-15-18(24)23-12-10-22(11-13-23)16-7-5-4-6-8-16/h4-8,17,21H,3,9-15H2,1-2H3,(H,20,25). The minimum absolute atomic E-state index is 0.0966. The highest BCUT2D eigenvalue weighted by atomic mass is 32.2. The number of hydrogen-bond donors (Lipinski definition) is 2. The van der Waals surface area contributed by atoms with Crippen molar-refractivity contribution in [2.45, 2.75) is 19.4 Å². The Bertz CT molecular complexity index is 766. The second-order valence-corrected chi connectivity index (χ2v) is 9.80. The largest absolute Gasteiger partial charge is 0.368 e. The maximum absolute atomic E-state index is 12.5. The highest BCUT2D eigenvalue weighted by Gasteiger charge is 2.25. The summed E-state index contributed by atoms with van der Waals surface area (Å²) >= 11 is 1.53. The molecule has 0 aromatic heterocycles. The Morgan fingerprint density at radius 2 is 1.79 bits per heavy atom. The molecule has 0 aliphatic carbocycles. The van der Waals surface area contributed by atoms with Crippen molar-refractivity contribution < 1.29 is 18.0 Å². The van der Waals surface area contributed by atoms with Crippen LogP contribution in [-0.2, 0) is 19.6 Å². The molecular weight excluding hydrogens is 412 g/mol. The highest BCUT2D eigenvalue weighted by Crippen LogP contribution is 2.15. The van der Waals surface area contributed by atoms with Crippen LogP contribution in [-0.4, -0.2) is 81.7 Å². The van der Waals surface area contributed by atoms with Gasteiger partial charge in [0.1, 0.15) is 6.04 Å². The van der Waals surface area contributed by atoms with Crippen LogP contribution in [0.15, 0.2) is 30.3 Å². The summed E-state index contributed by atoms with van der Waals surface area (Å²) in [7, 11) is -3.51. The van der Waals surface area contributed by atoms with Crippen molar-refractivity contribution in [1.29, 1.82) is 0 Å². The summed E-state index contributed by atoms with van der Waals surface area (Å²) in [5.74, 6) is -0.0826. The molecule has 1 aliphatic heterocycles. The zero-order valence-electron chi connectivity index (χ0n) is 17.0. The van der Waals surface area contributed by atoms with Crippen molar-refractivity contribution >= 4 is 39.3 Å². The van der Waals surface area contributed by atoms with Crippen LogP contribution >= 0.6 is 11.8 Å². The van der Waals surface area contributed by atoms with Crippen molar-refractivity contribution in [3.05, 3.63) is 30.3 Å². The summed E-state index contributed by atoms with van der Waals surface area (Å²) in [6.45, 7) is 4.02. The van der Waals surface area contributed by atoms with E-state index in [9.17, 15) is 18.0 Å². The number of amides is 2. The number of rotatable bonds is 10. The lowest BCUT2D eigenvalue weighted by Gasteiger charge is -2.36.